The molecule has 0 nitrogen and oxygen atoms in total. The van der Waals surface area contributed by atoms with Crippen molar-refractivity contribution < 1.29 is 0 Å². The zero-order valence-corrected chi connectivity index (χ0v) is 41.4. The SMILES string of the molecule is CC1(CC2CC3C(C4CCC(C(C)(C)C)CC4)CCCC3C2[Si](C)(C)C2C(CC3(C)CCCCC3)CC3C(C4CCC(C(C)(C)C)CC4)CCCC32)CCCCC1. The first kappa shape index (κ1) is 43.8. The average Bonchev–Trinajstić information content (AvgIpc) is 3.72. The van der Waals surface area contributed by atoms with Gasteiger partial charge in [-0.15, -0.1) is 0 Å². The van der Waals surface area contributed by atoms with Crippen LogP contribution in [0.4, 0.5) is 0 Å². The van der Waals surface area contributed by atoms with Gasteiger partial charge in [0, 0.05) is 0 Å². The second kappa shape index (κ2) is 17.1. The molecular formula is C56H100Si. The summed E-state index contributed by atoms with van der Waals surface area (Å²) in [4.78, 5) is 0. The maximum atomic E-state index is 3.13. The monoisotopic (exact) mass is 801 g/mol. The Morgan fingerprint density at radius 2 is 0.737 bits per heavy atom. The van der Waals surface area contributed by atoms with Crippen LogP contribution in [0.1, 0.15) is 235 Å². The molecule has 0 heterocycles. The highest BCUT2D eigenvalue weighted by atomic mass is 28.3. The third kappa shape index (κ3) is 9.17. The number of rotatable bonds is 8. The maximum absolute atomic E-state index is 3.13. The Morgan fingerprint density at radius 1 is 0.404 bits per heavy atom. The van der Waals surface area contributed by atoms with Crippen molar-refractivity contribution in [1.29, 1.82) is 0 Å². The van der Waals surface area contributed by atoms with Gasteiger partial charge in [0.25, 0.3) is 0 Å². The number of hydrogen-bond acceptors (Lipinski definition) is 0. The summed E-state index contributed by atoms with van der Waals surface area (Å²) in [6.07, 6.45) is 43.8. The fourth-order valence-corrected chi connectivity index (χ4v) is 25.8. The smallest absolute Gasteiger partial charge is 0.0547 e. The van der Waals surface area contributed by atoms with Crippen molar-refractivity contribution in [2.75, 3.05) is 0 Å². The van der Waals surface area contributed by atoms with E-state index in [0.29, 0.717) is 21.7 Å². The van der Waals surface area contributed by atoms with Gasteiger partial charge in [0.1, 0.15) is 0 Å². The highest BCUT2D eigenvalue weighted by molar-refractivity contribution is 6.80. The number of hydrogen-bond donors (Lipinski definition) is 0. The minimum Gasteiger partial charge on any atom is -0.0689 e. The van der Waals surface area contributed by atoms with Gasteiger partial charge in [0.05, 0.1) is 8.07 Å². The van der Waals surface area contributed by atoms with Crippen LogP contribution in [0.15, 0.2) is 0 Å². The largest absolute Gasteiger partial charge is 0.0689 e. The molecule has 8 rings (SSSR count). The molecule has 328 valence electrons. The molecule has 10 unspecified atom stereocenters. The molecule has 57 heavy (non-hydrogen) atoms. The van der Waals surface area contributed by atoms with Gasteiger partial charge in [-0.1, -0.05) is 133 Å². The predicted octanol–water partition coefficient (Wildman–Crippen LogP) is 18.0. The van der Waals surface area contributed by atoms with Crippen molar-refractivity contribution >= 4 is 8.07 Å². The standard InChI is InChI=1S/C56H100Si/c1-53(2,3)43-27-23-39(24-28-43)45-19-17-21-47-49(45)35-41(37-55(7)31-13-11-14-32-55)51(47)57(9,10)52-42(38-56(8)33-15-12-16-34-56)36-50-46(20-18-22-48(50)52)40-25-29-44(30-26-40)54(4,5)6/h39-52H,11-38H2,1-10H3. The first-order valence-corrected chi connectivity index (χ1v) is 30.1. The van der Waals surface area contributed by atoms with E-state index >= 15 is 0 Å². The lowest BCUT2D eigenvalue weighted by molar-refractivity contribution is 0.0618. The fraction of sp³-hybridized carbons (Fsp3) is 1.00. The first-order chi connectivity index (χ1) is 27.0. The van der Waals surface area contributed by atoms with Crippen molar-refractivity contribution in [3.8, 4) is 0 Å². The molecule has 0 amide bonds. The van der Waals surface area contributed by atoms with Crippen molar-refractivity contribution in [2.24, 2.45) is 92.7 Å². The molecule has 0 radical (unpaired) electrons. The van der Waals surface area contributed by atoms with Crippen LogP contribution in [0.25, 0.3) is 0 Å². The van der Waals surface area contributed by atoms with E-state index in [2.05, 4.69) is 68.5 Å². The van der Waals surface area contributed by atoms with Crippen LogP contribution in [0, 0.1) is 92.7 Å². The van der Waals surface area contributed by atoms with E-state index in [9.17, 15) is 0 Å². The van der Waals surface area contributed by atoms with Crippen LogP contribution in [0.3, 0.4) is 0 Å². The lowest BCUT2D eigenvalue weighted by Gasteiger charge is -2.52. The van der Waals surface area contributed by atoms with Crippen molar-refractivity contribution in [1.82, 2.24) is 0 Å². The summed E-state index contributed by atoms with van der Waals surface area (Å²) in [5.41, 5.74) is 4.50. The molecule has 0 bridgehead atoms. The Labute approximate surface area is 358 Å². The van der Waals surface area contributed by atoms with Crippen LogP contribution < -0.4 is 0 Å². The van der Waals surface area contributed by atoms with E-state index in [1.165, 1.54) is 64.2 Å². The van der Waals surface area contributed by atoms with E-state index in [4.69, 9.17) is 0 Å². The van der Waals surface area contributed by atoms with Crippen LogP contribution in [-0.2, 0) is 0 Å². The van der Waals surface area contributed by atoms with Gasteiger partial charge in [-0.2, -0.15) is 0 Å². The first-order valence-electron chi connectivity index (χ1n) is 27.0. The van der Waals surface area contributed by atoms with E-state index in [-0.39, 0.29) is 0 Å². The predicted molar refractivity (Wildman–Crippen MR) is 251 cm³/mol. The van der Waals surface area contributed by atoms with E-state index in [1.807, 2.05) is 0 Å². The summed E-state index contributed by atoms with van der Waals surface area (Å²) in [5.74, 6) is 12.6. The third-order valence-corrected chi connectivity index (χ3v) is 27.2. The van der Waals surface area contributed by atoms with E-state index in [1.54, 1.807) is 116 Å². The minimum atomic E-state index is -1.64. The van der Waals surface area contributed by atoms with Crippen LogP contribution in [-0.4, -0.2) is 8.07 Å². The molecule has 0 aromatic carbocycles. The highest BCUT2D eigenvalue weighted by Gasteiger charge is 2.62. The summed E-state index contributed by atoms with van der Waals surface area (Å²) in [6, 6.07) is 0. The summed E-state index contributed by atoms with van der Waals surface area (Å²) >= 11 is 0. The molecule has 8 saturated carbocycles. The van der Waals surface area contributed by atoms with E-state index in [0.717, 1.165) is 82.1 Å². The zero-order chi connectivity index (χ0) is 40.4. The molecule has 8 aliphatic carbocycles. The minimum absolute atomic E-state index is 0.503. The molecule has 8 fully saturated rings. The Bertz CT molecular complexity index is 1180. The van der Waals surface area contributed by atoms with Gasteiger partial charge in [0.2, 0.25) is 0 Å². The van der Waals surface area contributed by atoms with Gasteiger partial charge < -0.3 is 0 Å². The molecule has 0 spiro atoms. The molecule has 0 aromatic heterocycles. The molecule has 10 atom stereocenters. The Balaban J connectivity index is 1.10. The lowest BCUT2D eigenvalue weighted by atomic mass is 9.61. The normalized spacial score (nSPS) is 44.3. The summed E-state index contributed by atoms with van der Waals surface area (Å²) < 4.78 is 0. The Kier molecular flexibility index (Phi) is 13.1. The number of fused-ring (bicyclic) bond motifs is 2. The fourth-order valence-electron chi connectivity index (χ4n) is 19.4. The zero-order valence-electron chi connectivity index (χ0n) is 40.4. The molecule has 0 N–H and O–H groups in total. The van der Waals surface area contributed by atoms with E-state index < -0.39 is 8.07 Å². The maximum Gasteiger partial charge on any atom is 0.0547 e. The summed E-state index contributed by atoms with van der Waals surface area (Å²) in [5, 5.41) is 0. The molecule has 1 heteroatoms. The Hall–Kier alpha value is 0.217. The topological polar surface area (TPSA) is 0 Å². The third-order valence-electron chi connectivity index (χ3n) is 22.0. The second-order valence-corrected chi connectivity index (χ2v) is 32.8. The van der Waals surface area contributed by atoms with Gasteiger partial charge in [-0.3, -0.25) is 0 Å². The lowest BCUT2D eigenvalue weighted by Crippen LogP contribution is -2.49. The average molecular weight is 802 g/mol. The van der Waals surface area contributed by atoms with Gasteiger partial charge in [0.15, 0.2) is 0 Å². The summed E-state index contributed by atoms with van der Waals surface area (Å²) in [6.45, 7) is 27.1. The van der Waals surface area contributed by atoms with Crippen molar-refractivity contribution in [3.05, 3.63) is 0 Å². The van der Waals surface area contributed by atoms with Crippen molar-refractivity contribution in [3.63, 3.8) is 0 Å². The second-order valence-electron chi connectivity index (χ2n) is 27.8. The summed E-state index contributed by atoms with van der Waals surface area (Å²) in [7, 11) is -1.64. The molecule has 0 aliphatic heterocycles. The molecule has 0 aromatic rings. The van der Waals surface area contributed by atoms with Gasteiger partial charge >= 0.3 is 0 Å². The Morgan fingerprint density at radius 3 is 1.07 bits per heavy atom. The molecule has 0 saturated heterocycles. The van der Waals surface area contributed by atoms with Crippen molar-refractivity contribution in [2.45, 2.75) is 259 Å². The van der Waals surface area contributed by atoms with Crippen LogP contribution >= 0.6 is 0 Å². The highest BCUT2D eigenvalue weighted by Crippen LogP contribution is 2.70. The van der Waals surface area contributed by atoms with Crippen LogP contribution in [0.5, 0.6) is 0 Å². The van der Waals surface area contributed by atoms with Gasteiger partial charge in [-0.25, -0.2) is 0 Å². The van der Waals surface area contributed by atoms with Crippen LogP contribution in [0.2, 0.25) is 24.2 Å². The quantitative estimate of drug-likeness (QED) is 0.215. The van der Waals surface area contributed by atoms with Gasteiger partial charge in [-0.05, 0) is 219 Å². The molecular weight excluding hydrogens is 701 g/mol. The molecule has 8 aliphatic rings.